The largest absolute Gasteiger partial charge is 0.390 e. The van der Waals surface area contributed by atoms with Gasteiger partial charge in [-0.2, -0.15) is 0 Å². The van der Waals surface area contributed by atoms with Gasteiger partial charge in [0, 0.05) is 41.1 Å². The summed E-state index contributed by atoms with van der Waals surface area (Å²) in [4.78, 5) is 9.32. The van der Waals surface area contributed by atoms with Crippen molar-refractivity contribution in [1.82, 2.24) is 9.97 Å². The number of aliphatic hydroxyl groups is 1. The lowest BCUT2D eigenvalue weighted by Crippen LogP contribution is -2.14. The van der Waals surface area contributed by atoms with Crippen LogP contribution in [0.25, 0.3) is 11.3 Å². The second-order valence-electron chi connectivity index (χ2n) is 8.18. The first-order valence-electron chi connectivity index (χ1n) is 11.4. The number of benzene rings is 1. The molecule has 3 rings (SSSR count). The first kappa shape index (κ1) is 24.7. The van der Waals surface area contributed by atoms with Gasteiger partial charge in [-0.15, -0.1) is 11.6 Å². The third kappa shape index (κ3) is 6.76. The van der Waals surface area contributed by atoms with Crippen molar-refractivity contribution in [2.75, 3.05) is 23.1 Å². The highest BCUT2D eigenvalue weighted by molar-refractivity contribution is 6.18. The molecule has 0 fully saturated rings. The molecular weight excluding hydrogens is 434 g/mol. The van der Waals surface area contributed by atoms with Crippen molar-refractivity contribution in [2.24, 2.45) is 5.92 Å². The summed E-state index contributed by atoms with van der Waals surface area (Å²) in [7, 11) is 0. The van der Waals surface area contributed by atoms with E-state index in [1.54, 1.807) is 6.07 Å². The number of nitrogens with one attached hydrogen (secondary N) is 3. The summed E-state index contributed by atoms with van der Waals surface area (Å²) in [5, 5.41) is 24.3. The molecule has 2 heterocycles. The minimum Gasteiger partial charge on any atom is -0.390 e. The average Bonchev–Trinajstić information content (AvgIpc) is 2.86. The van der Waals surface area contributed by atoms with Gasteiger partial charge in [0.25, 0.3) is 0 Å². The standard InChI is InChI=1S/C26H32ClN5O/c1-3-4-7-20-8-5-10-23(30-20)19-12-24(29-16-18(2)14-27)22(15-28)25(13-19)32-26-11-6-9-21(17-33)31-26/h5-6,8-13,15,18,28-29,33H,3-4,7,14,16-17H2,1-2H3,(H,31,32). The van der Waals surface area contributed by atoms with Crippen LogP contribution < -0.4 is 10.6 Å². The number of rotatable bonds is 12. The van der Waals surface area contributed by atoms with Crippen molar-refractivity contribution in [2.45, 2.75) is 39.7 Å². The molecule has 0 saturated heterocycles. The van der Waals surface area contributed by atoms with Gasteiger partial charge in [-0.3, -0.25) is 4.98 Å². The molecule has 1 aromatic carbocycles. The fourth-order valence-electron chi connectivity index (χ4n) is 3.46. The van der Waals surface area contributed by atoms with Crippen molar-refractivity contribution >= 4 is 35.0 Å². The SMILES string of the molecule is CCCCc1cccc(-c2cc(NCC(C)CCl)c(C=N)c(Nc3cccc(CO)n3)c2)n1. The summed E-state index contributed by atoms with van der Waals surface area (Å²) in [5.74, 6) is 1.44. The van der Waals surface area contributed by atoms with Crippen molar-refractivity contribution in [1.29, 1.82) is 5.41 Å². The first-order valence-corrected chi connectivity index (χ1v) is 11.9. The zero-order valence-corrected chi connectivity index (χ0v) is 20.0. The maximum absolute atomic E-state index is 9.44. The van der Waals surface area contributed by atoms with E-state index in [0.29, 0.717) is 23.9 Å². The van der Waals surface area contributed by atoms with E-state index in [1.165, 1.54) is 6.21 Å². The summed E-state index contributed by atoms with van der Waals surface area (Å²) in [6.07, 6.45) is 4.51. The van der Waals surface area contributed by atoms with E-state index in [1.807, 2.05) is 36.4 Å². The molecule has 0 amide bonds. The van der Waals surface area contributed by atoms with Crippen molar-refractivity contribution in [3.8, 4) is 11.3 Å². The lowest BCUT2D eigenvalue weighted by Gasteiger charge is -2.19. The molecule has 0 aliphatic heterocycles. The van der Waals surface area contributed by atoms with Crippen molar-refractivity contribution < 1.29 is 5.11 Å². The summed E-state index contributed by atoms with van der Waals surface area (Å²) < 4.78 is 0. The quantitative estimate of drug-likeness (QED) is 0.194. The maximum Gasteiger partial charge on any atom is 0.130 e. The molecule has 0 radical (unpaired) electrons. The number of aromatic nitrogens is 2. The predicted octanol–water partition coefficient (Wildman–Crippen LogP) is 6.01. The normalized spacial score (nSPS) is 11.8. The van der Waals surface area contributed by atoms with E-state index < -0.39 is 0 Å². The van der Waals surface area contributed by atoms with Crippen LogP contribution >= 0.6 is 11.6 Å². The number of anilines is 3. The number of aryl methyl sites for hydroxylation is 1. The zero-order chi connectivity index (χ0) is 23.6. The lowest BCUT2D eigenvalue weighted by atomic mass is 10.0. The van der Waals surface area contributed by atoms with E-state index >= 15 is 0 Å². The van der Waals surface area contributed by atoms with Gasteiger partial charge in [-0.25, -0.2) is 4.98 Å². The Morgan fingerprint density at radius 3 is 2.58 bits per heavy atom. The van der Waals surface area contributed by atoms with Gasteiger partial charge in [0.2, 0.25) is 0 Å². The molecule has 1 unspecified atom stereocenters. The van der Waals surface area contributed by atoms with Crippen molar-refractivity contribution in [3.63, 3.8) is 0 Å². The molecule has 6 nitrogen and oxygen atoms in total. The van der Waals surface area contributed by atoms with E-state index in [0.717, 1.165) is 53.2 Å². The number of hydrogen-bond acceptors (Lipinski definition) is 6. The van der Waals surface area contributed by atoms with Gasteiger partial charge >= 0.3 is 0 Å². The third-order valence-corrected chi connectivity index (χ3v) is 5.88. The van der Waals surface area contributed by atoms with Crippen LogP contribution in [-0.4, -0.2) is 33.7 Å². The second kappa shape index (κ2) is 12.3. The molecule has 4 N–H and O–H groups in total. The number of halogens is 1. The second-order valence-corrected chi connectivity index (χ2v) is 8.49. The van der Waals surface area contributed by atoms with Gasteiger partial charge in [-0.1, -0.05) is 32.4 Å². The fraction of sp³-hybridized carbons (Fsp3) is 0.346. The topological polar surface area (TPSA) is 93.9 Å². The van der Waals surface area contributed by atoms with Crippen LogP contribution in [0.1, 0.15) is 43.6 Å². The number of unbranched alkanes of at least 4 members (excludes halogenated alkanes) is 1. The Balaban J connectivity index is 2.05. The Kier molecular flexibility index (Phi) is 9.22. The molecule has 0 aliphatic rings. The highest BCUT2D eigenvalue weighted by Gasteiger charge is 2.14. The first-order chi connectivity index (χ1) is 16.1. The Morgan fingerprint density at radius 1 is 1.09 bits per heavy atom. The summed E-state index contributed by atoms with van der Waals surface area (Å²) in [6, 6.07) is 15.6. The maximum atomic E-state index is 9.44. The molecule has 1 atom stereocenters. The van der Waals surface area contributed by atoms with Gasteiger partial charge in [0.05, 0.1) is 23.7 Å². The molecule has 0 spiro atoms. The van der Waals surface area contributed by atoms with Crippen LogP contribution in [0.3, 0.4) is 0 Å². The Bertz CT molecular complexity index is 1070. The number of aliphatic hydroxyl groups excluding tert-OH is 1. The van der Waals surface area contributed by atoms with Gasteiger partial charge in [0.15, 0.2) is 0 Å². The molecule has 0 aliphatic carbocycles. The van der Waals surface area contributed by atoms with Gasteiger partial charge in [-0.05, 0) is 55.2 Å². The van der Waals surface area contributed by atoms with E-state index in [9.17, 15) is 5.11 Å². The highest BCUT2D eigenvalue weighted by atomic mass is 35.5. The van der Waals surface area contributed by atoms with E-state index in [4.69, 9.17) is 22.0 Å². The van der Waals surface area contributed by atoms with E-state index in [-0.39, 0.29) is 12.5 Å². The molecule has 7 heteroatoms. The lowest BCUT2D eigenvalue weighted by molar-refractivity contribution is 0.277. The monoisotopic (exact) mass is 465 g/mol. The molecule has 0 bridgehead atoms. The number of alkyl halides is 1. The predicted molar refractivity (Wildman–Crippen MR) is 138 cm³/mol. The Hall–Kier alpha value is -2.96. The number of hydrogen-bond donors (Lipinski definition) is 4. The van der Waals surface area contributed by atoms with E-state index in [2.05, 4.69) is 35.5 Å². The summed E-state index contributed by atoms with van der Waals surface area (Å²) in [6.45, 7) is 4.81. The Morgan fingerprint density at radius 2 is 1.85 bits per heavy atom. The molecule has 3 aromatic rings. The summed E-state index contributed by atoms with van der Waals surface area (Å²) >= 11 is 6.01. The molecule has 0 saturated carbocycles. The smallest absolute Gasteiger partial charge is 0.130 e. The average molecular weight is 466 g/mol. The summed E-state index contributed by atoms with van der Waals surface area (Å²) in [5.41, 5.74) is 5.77. The molecule has 2 aromatic heterocycles. The number of nitrogens with zero attached hydrogens (tertiary/aromatic N) is 2. The van der Waals surface area contributed by atoms with Crippen LogP contribution in [-0.2, 0) is 13.0 Å². The molecule has 33 heavy (non-hydrogen) atoms. The van der Waals surface area contributed by atoms with Crippen LogP contribution in [0.15, 0.2) is 48.5 Å². The molecular formula is C26H32ClN5O. The van der Waals surface area contributed by atoms with Crippen LogP contribution in [0.5, 0.6) is 0 Å². The molecule has 174 valence electrons. The minimum atomic E-state index is -0.134. The van der Waals surface area contributed by atoms with Crippen LogP contribution in [0.4, 0.5) is 17.2 Å². The van der Waals surface area contributed by atoms with Crippen LogP contribution in [0.2, 0.25) is 0 Å². The minimum absolute atomic E-state index is 0.134. The Labute approximate surface area is 201 Å². The number of pyridine rings is 2. The van der Waals surface area contributed by atoms with Gasteiger partial charge in [0.1, 0.15) is 5.82 Å². The highest BCUT2D eigenvalue weighted by Crippen LogP contribution is 2.32. The zero-order valence-electron chi connectivity index (χ0n) is 19.2. The van der Waals surface area contributed by atoms with Crippen LogP contribution in [0, 0.1) is 11.3 Å². The van der Waals surface area contributed by atoms with Crippen molar-refractivity contribution in [3.05, 3.63) is 65.5 Å². The fourth-order valence-corrected chi connectivity index (χ4v) is 3.57. The van der Waals surface area contributed by atoms with Gasteiger partial charge < -0.3 is 21.1 Å². The third-order valence-electron chi connectivity index (χ3n) is 5.35.